The normalized spacial score (nSPS) is 20.6. The molecule has 1 aliphatic rings. The largest absolute Gasteiger partial charge is 0.367 e. The number of hydrogen-bond acceptors (Lipinski definition) is 4. The first-order chi connectivity index (χ1) is 13.8. The second-order valence-electron chi connectivity index (χ2n) is 6.98. The number of nitrogens with one attached hydrogen (secondary N) is 1. The van der Waals surface area contributed by atoms with Crippen LogP contribution in [0.5, 0.6) is 0 Å². The molecule has 2 aromatic rings. The third kappa shape index (κ3) is 5.53. The summed E-state index contributed by atoms with van der Waals surface area (Å²) in [5.74, 6) is 0.433. The van der Waals surface area contributed by atoms with Crippen LogP contribution in [0.15, 0.2) is 58.4 Å². The summed E-state index contributed by atoms with van der Waals surface area (Å²) in [6.07, 6.45) is -0.210. The predicted molar refractivity (Wildman–Crippen MR) is 109 cm³/mol. The van der Waals surface area contributed by atoms with Gasteiger partial charge in [0.2, 0.25) is 10.0 Å². The Morgan fingerprint density at radius 2 is 1.86 bits per heavy atom. The van der Waals surface area contributed by atoms with E-state index in [0.29, 0.717) is 25.6 Å². The van der Waals surface area contributed by atoms with Gasteiger partial charge < -0.3 is 15.0 Å². The SMILES string of the molecule is CN=C(NCc1ccc(S(N)(=O)=O)cc1)N1CC(C)OC(c2ccc(F)cc2)C1. The van der Waals surface area contributed by atoms with Crippen LogP contribution in [0.1, 0.15) is 24.2 Å². The fraction of sp³-hybridized carbons (Fsp3) is 0.350. The average molecular weight is 421 g/mol. The Morgan fingerprint density at radius 1 is 1.21 bits per heavy atom. The van der Waals surface area contributed by atoms with Gasteiger partial charge in [0, 0.05) is 20.1 Å². The van der Waals surface area contributed by atoms with Crippen LogP contribution < -0.4 is 10.5 Å². The van der Waals surface area contributed by atoms with Gasteiger partial charge in [0.05, 0.1) is 17.5 Å². The zero-order chi connectivity index (χ0) is 21.0. The number of nitrogens with zero attached hydrogens (tertiary/aromatic N) is 2. The highest BCUT2D eigenvalue weighted by molar-refractivity contribution is 7.89. The van der Waals surface area contributed by atoms with Crippen molar-refractivity contribution < 1.29 is 17.5 Å². The number of aliphatic imine (C=N–C) groups is 1. The van der Waals surface area contributed by atoms with Crippen LogP contribution in [0.25, 0.3) is 0 Å². The quantitative estimate of drug-likeness (QED) is 0.583. The number of benzene rings is 2. The standard InChI is InChI=1S/C20H25FN4O3S/c1-14-12-25(13-19(28-14)16-5-7-17(21)8-6-16)20(23-2)24-11-15-3-9-18(10-4-15)29(22,26)27/h3-10,14,19H,11-13H2,1-2H3,(H,23,24)(H2,22,26,27). The zero-order valence-corrected chi connectivity index (χ0v) is 17.2. The molecule has 1 fully saturated rings. The molecular weight excluding hydrogens is 395 g/mol. The molecular formula is C20H25FN4O3S. The van der Waals surface area contributed by atoms with Crippen LogP contribution in [0.2, 0.25) is 0 Å². The Bertz CT molecular complexity index is 962. The topological polar surface area (TPSA) is 97.0 Å². The molecule has 0 aliphatic carbocycles. The minimum Gasteiger partial charge on any atom is -0.367 e. The summed E-state index contributed by atoms with van der Waals surface area (Å²) in [6.45, 7) is 3.72. The molecule has 3 N–H and O–H groups in total. The van der Waals surface area contributed by atoms with Crippen molar-refractivity contribution in [1.82, 2.24) is 10.2 Å². The second kappa shape index (κ2) is 8.89. The summed E-state index contributed by atoms with van der Waals surface area (Å²) in [4.78, 5) is 6.54. The van der Waals surface area contributed by atoms with Crippen molar-refractivity contribution in [3.05, 3.63) is 65.5 Å². The first-order valence-corrected chi connectivity index (χ1v) is 10.8. The Hall–Kier alpha value is -2.49. The van der Waals surface area contributed by atoms with E-state index in [9.17, 15) is 12.8 Å². The molecule has 1 aliphatic heterocycles. The maximum absolute atomic E-state index is 13.2. The Kier molecular flexibility index (Phi) is 6.51. The predicted octanol–water partition coefficient (Wildman–Crippen LogP) is 2.01. The number of hydrogen-bond donors (Lipinski definition) is 2. The van der Waals surface area contributed by atoms with Gasteiger partial charge in [-0.2, -0.15) is 0 Å². The lowest BCUT2D eigenvalue weighted by Crippen LogP contribution is -2.50. The number of guanidine groups is 1. The molecule has 1 saturated heterocycles. The summed E-state index contributed by atoms with van der Waals surface area (Å²) < 4.78 is 42.0. The third-order valence-corrected chi connectivity index (χ3v) is 5.65. The smallest absolute Gasteiger partial charge is 0.238 e. The van der Waals surface area contributed by atoms with Crippen molar-refractivity contribution in [2.24, 2.45) is 10.1 Å². The summed E-state index contributed by atoms with van der Waals surface area (Å²) in [5.41, 5.74) is 1.81. The van der Waals surface area contributed by atoms with Crippen LogP contribution in [0.3, 0.4) is 0 Å². The molecule has 0 bridgehead atoms. The van der Waals surface area contributed by atoms with Gasteiger partial charge >= 0.3 is 0 Å². The lowest BCUT2D eigenvalue weighted by Gasteiger charge is -2.38. The van der Waals surface area contributed by atoms with Crippen molar-refractivity contribution in [3.63, 3.8) is 0 Å². The number of primary sulfonamides is 1. The van der Waals surface area contributed by atoms with Gasteiger partial charge in [-0.3, -0.25) is 4.99 Å². The van der Waals surface area contributed by atoms with Gasteiger partial charge in [-0.05, 0) is 42.3 Å². The minimum atomic E-state index is -3.70. The Labute approximate surface area is 170 Å². The Balaban J connectivity index is 1.66. The van der Waals surface area contributed by atoms with Crippen molar-refractivity contribution in [2.45, 2.75) is 30.6 Å². The highest BCUT2D eigenvalue weighted by atomic mass is 32.2. The summed E-state index contributed by atoms with van der Waals surface area (Å²) in [6, 6.07) is 12.7. The molecule has 0 amide bonds. The summed E-state index contributed by atoms with van der Waals surface area (Å²) in [5, 5.41) is 8.42. The van der Waals surface area contributed by atoms with E-state index in [1.807, 2.05) is 6.92 Å². The fourth-order valence-electron chi connectivity index (χ4n) is 3.30. The monoisotopic (exact) mass is 420 g/mol. The molecule has 156 valence electrons. The number of morpholine rings is 1. The number of halogens is 1. The number of rotatable bonds is 4. The molecule has 2 aromatic carbocycles. The second-order valence-corrected chi connectivity index (χ2v) is 8.54. The van der Waals surface area contributed by atoms with Gasteiger partial charge in [0.1, 0.15) is 11.9 Å². The molecule has 3 rings (SSSR count). The molecule has 7 nitrogen and oxygen atoms in total. The first-order valence-electron chi connectivity index (χ1n) is 9.24. The molecule has 0 spiro atoms. The maximum atomic E-state index is 13.2. The van der Waals surface area contributed by atoms with Crippen molar-refractivity contribution in [1.29, 1.82) is 0 Å². The van der Waals surface area contributed by atoms with Crippen LogP contribution in [-0.4, -0.2) is 45.5 Å². The Morgan fingerprint density at radius 3 is 2.45 bits per heavy atom. The fourth-order valence-corrected chi connectivity index (χ4v) is 3.81. The summed E-state index contributed by atoms with van der Waals surface area (Å²) in [7, 11) is -2.00. The van der Waals surface area contributed by atoms with Crippen LogP contribution in [-0.2, 0) is 21.3 Å². The van der Waals surface area contributed by atoms with E-state index in [2.05, 4.69) is 15.2 Å². The lowest BCUT2D eigenvalue weighted by molar-refractivity contribution is -0.0605. The van der Waals surface area contributed by atoms with Crippen LogP contribution >= 0.6 is 0 Å². The third-order valence-electron chi connectivity index (χ3n) is 4.72. The molecule has 0 aromatic heterocycles. The van der Waals surface area contributed by atoms with E-state index in [1.165, 1.54) is 24.3 Å². The average Bonchev–Trinajstić information content (AvgIpc) is 2.68. The number of sulfonamides is 1. The molecule has 0 radical (unpaired) electrons. The van der Waals surface area contributed by atoms with E-state index < -0.39 is 10.0 Å². The van der Waals surface area contributed by atoms with Crippen molar-refractivity contribution >= 4 is 16.0 Å². The highest BCUT2D eigenvalue weighted by Crippen LogP contribution is 2.25. The van der Waals surface area contributed by atoms with Gasteiger partial charge in [-0.1, -0.05) is 24.3 Å². The molecule has 2 unspecified atom stereocenters. The van der Waals surface area contributed by atoms with Crippen molar-refractivity contribution in [3.8, 4) is 0 Å². The molecule has 1 heterocycles. The van der Waals surface area contributed by atoms with E-state index in [4.69, 9.17) is 9.88 Å². The number of ether oxygens (including phenoxy) is 1. The van der Waals surface area contributed by atoms with E-state index in [-0.39, 0.29) is 22.9 Å². The molecule has 2 atom stereocenters. The number of nitrogens with two attached hydrogens (primary N) is 1. The minimum absolute atomic E-state index is 0.0219. The van der Waals surface area contributed by atoms with E-state index >= 15 is 0 Å². The van der Waals surface area contributed by atoms with Crippen LogP contribution in [0, 0.1) is 5.82 Å². The molecule has 29 heavy (non-hydrogen) atoms. The van der Waals surface area contributed by atoms with Gasteiger partial charge in [0.15, 0.2) is 5.96 Å². The molecule has 9 heteroatoms. The van der Waals surface area contributed by atoms with Crippen molar-refractivity contribution in [2.75, 3.05) is 20.1 Å². The van der Waals surface area contributed by atoms with E-state index in [0.717, 1.165) is 11.1 Å². The van der Waals surface area contributed by atoms with Gasteiger partial charge in [0.25, 0.3) is 0 Å². The lowest BCUT2D eigenvalue weighted by atomic mass is 10.1. The zero-order valence-electron chi connectivity index (χ0n) is 16.4. The maximum Gasteiger partial charge on any atom is 0.238 e. The van der Waals surface area contributed by atoms with Gasteiger partial charge in [-0.15, -0.1) is 0 Å². The van der Waals surface area contributed by atoms with Crippen LogP contribution in [0.4, 0.5) is 4.39 Å². The van der Waals surface area contributed by atoms with Gasteiger partial charge in [-0.25, -0.2) is 17.9 Å². The highest BCUT2D eigenvalue weighted by Gasteiger charge is 2.28. The molecule has 0 saturated carbocycles. The van der Waals surface area contributed by atoms with E-state index in [1.54, 1.807) is 31.3 Å². The summed E-state index contributed by atoms with van der Waals surface area (Å²) >= 11 is 0. The first kappa shape index (κ1) is 21.2.